The zero-order valence-electron chi connectivity index (χ0n) is 13.3. The molecule has 0 saturated heterocycles. The Morgan fingerprint density at radius 1 is 1.24 bits per heavy atom. The van der Waals surface area contributed by atoms with Gasteiger partial charge in [-0.3, -0.25) is 9.78 Å². The van der Waals surface area contributed by atoms with Crippen LogP contribution in [0.2, 0.25) is 5.02 Å². The number of hydrogen-bond acceptors (Lipinski definition) is 4. The largest absolute Gasteiger partial charge is 0.497 e. The van der Waals surface area contributed by atoms with E-state index in [0.717, 1.165) is 17.0 Å². The summed E-state index contributed by atoms with van der Waals surface area (Å²) in [5.41, 5.74) is 1.29. The fourth-order valence-corrected chi connectivity index (χ4v) is 2.45. The number of aromatic nitrogens is 1. The van der Waals surface area contributed by atoms with Crippen LogP contribution in [0.3, 0.4) is 0 Å². The number of nitrogens with one attached hydrogen (secondary N) is 1. The smallest absolute Gasteiger partial charge is 0.262 e. The van der Waals surface area contributed by atoms with Gasteiger partial charge in [0.05, 0.1) is 29.5 Å². The van der Waals surface area contributed by atoms with Gasteiger partial charge in [-0.1, -0.05) is 11.6 Å². The highest BCUT2D eigenvalue weighted by atomic mass is 35.5. The van der Waals surface area contributed by atoms with Crippen molar-refractivity contribution >= 4 is 34.1 Å². The normalized spacial score (nSPS) is 10.5. The number of nitrogens with zero attached hydrogens (tertiary/aromatic N) is 1. The van der Waals surface area contributed by atoms with Crippen molar-refractivity contribution in [3.05, 3.63) is 59.5 Å². The summed E-state index contributed by atoms with van der Waals surface area (Å²) in [6.07, 6.45) is 1.55. The van der Waals surface area contributed by atoms with E-state index in [1.807, 2.05) is 12.1 Å². The predicted octanol–water partition coefficient (Wildman–Crippen LogP) is 4.05. The van der Waals surface area contributed by atoms with Crippen LogP contribution >= 0.6 is 11.6 Å². The monoisotopic (exact) mass is 360 g/mol. The molecule has 0 fully saturated rings. The van der Waals surface area contributed by atoms with E-state index in [0.29, 0.717) is 11.4 Å². The molecule has 1 amide bonds. The third-order valence-corrected chi connectivity index (χ3v) is 3.72. The van der Waals surface area contributed by atoms with Crippen LogP contribution in [0.1, 0.15) is 0 Å². The summed E-state index contributed by atoms with van der Waals surface area (Å²) in [5, 5.41) is 3.66. The topological polar surface area (TPSA) is 60.5 Å². The summed E-state index contributed by atoms with van der Waals surface area (Å²) < 4.78 is 23.4. The molecule has 25 heavy (non-hydrogen) atoms. The fraction of sp³-hybridized carbons (Fsp3) is 0.111. The number of methoxy groups -OCH3 is 1. The van der Waals surface area contributed by atoms with Crippen molar-refractivity contribution in [3.8, 4) is 11.5 Å². The van der Waals surface area contributed by atoms with Gasteiger partial charge in [0.2, 0.25) is 0 Å². The number of amides is 1. The number of rotatable bonds is 5. The molecule has 5 nitrogen and oxygen atoms in total. The van der Waals surface area contributed by atoms with Gasteiger partial charge in [0.15, 0.2) is 6.61 Å². The van der Waals surface area contributed by atoms with Crippen LogP contribution in [-0.2, 0) is 4.79 Å². The first-order chi connectivity index (χ1) is 12.0. The maximum Gasteiger partial charge on any atom is 0.262 e. The second-order valence-electron chi connectivity index (χ2n) is 5.19. The molecule has 7 heteroatoms. The lowest BCUT2D eigenvalue weighted by molar-refractivity contribution is -0.118. The van der Waals surface area contributed by atoms with Crippen molar-refractivity contribution in [2.45, 2.75) is 0 Å². The molecule has 3 aromatic rings. The van der Waals surface area contributed by atoms with Gasteiger partial charge in [-0.2, -0.15) is 0 Å². The standard InChI is InChI=1S/C18H14ClFN2O3/c1-24-14-4-2-11-6-13(9-21-16(11)8-14)22-18(23)10-25-17-5-3-12(20)7-15(17)19/h2-9H,10H2,1H3,(H,22,23). The SMILES string of the molecule is COc1ccc2cc(NC(=O)COc3ccc(F)cc3Cl)cnc2c1. The predicted molar refractivity (Wildman–Crippen MR) is 93.8 cm³/mol. The first-order valence-corrected chi connectivity index (χ1v) is 7.74. The minimum absolute atomic E-state index is 0.106. The van der Waals surface area contributed by atoms with Gasteiger partial charge in [0.25, 0.3) is 5.91 Å². The zero-order valence-corrected chi connectivity index (χ0v) is 14.0. The lowest BCUT2D eigenvalue weighted by atomic mass is 10.2. The summed E-state index contributed by atoms with van der Waals surface area (Å²) in [6.45, 7) is -0.258. The Hall–Kier alpha value is -2.86. The van der Waals surface area contributed by atoms with E-state index in [2.05, 4.69) is 10.3 Å². The molecule has 0 aliphatic rings. The maximum atomic E-state index is 13.0. The number of pyridine rings is 1. The molecule has 0 bridgehead atoms. The van der Waals surface area contributed by atoms with Gasteiger partial charge in [-0.15, -0.1) is 0 Å². The lowest BCUT2D eigenvalue weighted by Gasteiger charge is -2.09. The molecule has 1 aromatic heterocycles. The molecule has 0 aliphatic carbocycles. The molecule has 3 rings (SSSR count). The number of carbonyl (C=O) groups excluding carboxylic acids is 1. The second-order valence-corrected chi connectivity index (χ2v) is 5.60. The first-order valence-electron chi connectivity index (χ1n) is 7.36. The van der Waals surface area contributed by atoms with Gasteiger partial charge in [-0.05, 0) is 36.4 Å². The molecule has 1 N–H and O–H groups in total. The average Bonchev–Trinajstić information content (AvgIpc) is 2.60. The highest BCUT2D eigenvalue weighted by Crippen LogP contribution is 2.25. The highest BCUT2D eigenvalue weighted by molar-refractivity contribution is 6.32. The molecule has 0 saturated carbocycles. The quantitative estimate of drug-likeness (QED) is 0.745. The summed E-state index contributed by atoms with van der Waals surface area (Å²) >= 11 is 5.85. The number of fused-ring (bicyclic) bond motifs is 1. The van der Waals surface area contributed by atoms with Crippen molar-refractivity contribution in [3.63, 3.8) is 0 Å². The number of benzene rings is 2. The molecule has 1 heterocycles. The molecule has 2 aromatic carbocycles. The van der Waals surface area contributed by atoms with Gasteiger partial charge < -0.3 is 14.8 Å². The Bertz CT molecular complexity index is 933. The number of halogens is 2. The first kappa shape index (κ1) is 17.0. The molecular formula is C18H14ClFN2O3. The van der Waals surface area contributed by atoms with Crippen molar-refractivity contribution < 1.29 is 18.7 Å². The van der Waals surface area contributed by atoms with E-state index < -0.39 is 5.82 Å². The molecule has 0 atom stereocenters. The van der Waals surface area contributed by atoms with E-state index in [1.165, 1.54) is 12.1 Å². The van der Waals surface area contributed by atoms with Gasteiger partial charge >= 0.3 is 0 Å². The van der Waals surface area contributed by atoms with Crippen LogP contribution in [-0.4, -0.2) is 24.6 Å². The Balaban J connectivity index is 1.65. The van der Waals surface area contributed by atoms with Crippen molar-refractivity contribution in [2.75, 3.05) is 19.0 Å². The second kappa shape index (κ2) is 7.36. The third kappa shape index (κ3) is 4.16. The van der Waals surface area contributed by atoms with Crippen molar-refractivity contribution in [2.24, 2.45) is 0 Å². The number of hydrogen-bond donors (Lipinski definition) is 1. The Morgan fingerprint density at radius 2 is 2.08 bits per heavy atom. The Kier molecular flexibility index (Phi) is 5.00. The molecule has 0 spiro atoms. The lowest BCUT2D eigenvalue weighted by Crippen LogP contribution is -2.20. The minimum atomic E-state index is -0.472. The summed E-state index contributed by atoms with van der Waals surface area (Å²) in [4.78, 5) is 16.3. The van der Waals surface area contributed by atoms with Crippen LogP contribution in [0.4, 0.5) is 10.1 Å². The van der Waals surface area contributed by atoms with Crippen LogP contribution in [0.5, 0.6) is 11.5 Å². The number of carbonyl (C=O) groups is 1. The van der Waals surface area contributed by atoms with E-state index in [9.17, 15) is 9.18 Å². The number of anilines is 1. The van der Waals surface area contributed by atoms with Gasteiger partial charge in [0, 0.05) is 11.5 Å². The van der Waals surface area contributed by atoms with Crippen molar-refractivity contribution in [1.82, 2.24) is 4.98 Å². The summed E-state index contributed by atoms with van der Waals surface area (Å²) in [5.74, 6) is 0.0963. The van der Waals surface area contributed by atoms with E-state index in [4.69, 9.17) is 21.1 Å². The summed E-state index contributed by atoms with van der Waals surface area (Å²) in [6, 6.07) is 11.0. The third-order valence-electron chi connectivity index (χ3n) is 3.43. The Labute approximate surface area is 148 Å². The number of ether oxygens (including phenoxy) is 2. The van der Waals surface area contributed by atoms with Crippen molar-refractivity contribution in [1.29, 1.82) is 0 Å². The Morgan fingerprint density at radius 3 is 2.84 bits per heavy atom. The van der Waals surface area contributed by atoms with Crippen LogP contribution in [0.15, 0.2) is 48.7 Å². The van der Waals surface area contributed by atoms with Gasteiger partial charge in [0.1, 0.15) is 17.3 Å². The summed E-state index contributed by atoms with van der Waals surface area (Å²) in [7, 11) is 1.59. The molecule has 0 unspecified atom stereocenters. The molecule has 0 aliphatic heterocycles. The molecule has 0 radical (unpaired) electrons. The van der Waals surface area contributed by atoms with Crippen LogP contribution in [0.25, 0.3) is 10.9 Å². The fourth-order valence-electron chi connectivity index (χ4n) is 2.23. The van der Waals surface area contributed by atoms with E-state index in [-0.39, 0.29) is 23.3 Å². The molecule has 128 valence electrons. The maximum absolute atomic E-state index is 13.0. The van der Waals surface area contributed by atoms with Crippen LogP contribution < -0.4 is 14.8 Å². The van der Waals surface area contributed by atoms with Crippen LogP contribution in [0, 0.1) is 5.82 Å². The van der Waals surface area contributed by atoms with E-state index >= 15 is 0 Å². The molecular weight excluding hydrogens is 347 g/mol. The zero-order chi connectivity index (χ0) is 17.8. The minimum Gasteiger partial charge on any atom is -0.497 e. The highest BCUT2D eigenvalue weighted by Gasteiger charge is 2.08. The van der Waals surface area contributed by atoms with E-state index in [1.54, 1.807) is 25.4 Å². The average molecular weight is 361 g/mol. The van der Waals surface area contributed by atoms with Gasteiger partial charge in [-0.25, -0.2) is 4.39 Å².